The summed E-state index contributed by atoms with van der Waals surface area (Å²) in [6, 6.07) is 6.67. The maximum atomic E-state index is 12.5. The number of carbonyl (C=O) groups excluding carboxylic acids is 1. The molecule has 1 aromatic carbocycles. The van der Waals surface area contributed by atoms with Gasteiger partial charge in [-0.2, -0.15) is 0 Å². The monoisotopic (exact) mass is 369 g/mol. The second-order valence-electron chi connectivity index (χ2n) is 6.24. The highest BCUT2D eigenvalue weighted by molar-refractivity contribution is 7.92. The number of hydrogen-bond acceptors (Lipinski definition) is 5. The van der Waals surface area contributed by atoms with Gasteiger partial charge in [0.05, 0.1) is 11.9 Å². The maximum absolute atomic E-state index is 12.5. The van der Waals surface area contributed by atoms with Crippen LogP contribution >= 0.6 is 0 Å². The summed E-state index contributed by atoms with van der Waals surface area (Å²) in [6.07, 6.45) is 0.572. The number of nitrogens with zero attached hydrogens (tertiary/aromatic N) is 3. The van der Waals surface area contributed by atoms with Crippen LogP contribution in [0.2, 0.25) is 0 Å². The quantitative estimate of drug-likeness (QED) is 0.749. The number of amides is 1. The molecule has 0 bridgehead atoms. The van der Waals surface area contributed by atoms with Gasteiger partial charge in [0.25, 0.3) is 5.91 Å². The fourth-order valence-electron chi connectivity index (χ4n) is 2.72. The zero-order chi connectivity index (χ0) is 18.6. The summed E-state index contributed by atoms with van der Waals surface area (Å²) in [5, 5.41) is 0. The largest absolute Gasteiger partial charge is 0.481 e. The van der Waals surface area contributed by atoms with Gasteiger partial charge in [0.2, 0.25) is 10.0 Å². The maximum Gasteiger partial charge on any atom is 0.263 e. The van der Waals surface area contributed by atoms with Gasteiger partial charge in [0.15, 0.2) is 6.10 Å². The van der Waals surface area contributed by atoms with E-state index < -0.39 is 16.1 Å². The predicted molar refractivity (Wildman–Crippen MR) is 98.5 cm³/mol. The molecular weight excluding hydrogens is 342 g/mol. The Kier molecular flexibility index (Phi) is 6.29. The van der Waals surface area contributed by atoms with Gasteiger partial charge in [-0.25, -0.2) is 8.42 Å². The van der Waals surface area contributed by atoms with E-state index in [1.807, 2.05) is 4.90 Å². The Balaban J connectivity index is 1.94. The smallest absolute Gasteiger partial charge is 0.263 e. The second kappa shape index (κ2) is 8.05. The first-order valence-corrected chi connectivity index (χ1v) is 10.3. The zero-order valence-electron chi connectivity index (χ0n) is 15.3. The number of carbonyl (C=O) groups is 1. The molecule has 1 fully saturated rings. The van der Waals surface area contributed by atoms with Gasteiger partial charge in [0.1, 0.15) is 5.75 Å². The Hall–Kier alpha value is -1.80. The second-order valence-corrected chi connectivity index (χ2v) is 8.26. The molecule has 1 atom stereocenters. The van der Waals surface area contributed by atoms with Crippen LogP contribution in [0.5, 0.6) is 5.75 Å². The number of sulfonamides is 1. The van der Waals surface area contributed by atoms with Crippen LogP contribution in [0.4, 0.5) is 5.69 Å². The molecule has 1 heterocycles. The SMILES string of the molecule is CCN1CCN(C(=O)C(C)Oc2ccc(N(C)S(C)(=O)=O)cc2)CC1. The van der Waals surface area contributed by atoms with Crippen molar-refractivity contribution < 1.29 is 17.9 Å². The van der Waals surface area contributed by atoms with Crippen LogP contribution in [0, 0.1) is 0 Å². The Morgan fingerprint density at radius 2 is 1.76 bits per heavy atom. The lowest BCUT2D eigenvalue weighted by Gasteiger charge is -2.35. The van der Waals surface area contributed by atoms with Crippen LogP contribution in [-0.4, -0.2) is 76.3 Å². The molecule has 0 saturated carbocycles. The number of anilines is 1. The fourth-order valence-corrected chi connectivity index (χ4v) is 3.23. The van der Waals surface area contributed by atoms with E-state index in [-0.39, 0.29) is 5.91 Å². The van der Waals surface area contributed by atoms with Crippen molar-refractivity contribution in [1.29, 1.82) is 0 Å². The topological polar surface area (TPSA) is 70.2 Å². The summed E-state index contributed by atoms with van der Waals surface area (Å²) in [5.41, 5.74) is 0.546. The third kappa shape index (κ3) is 5.09. The van der Waals surface area contributed by atoms with Crippen molar-refractivity contribution in [3.8, 4) is 5.75 Å². The van der Waals surface area contributed by atoms with Gasteiger partial charge in [-0.15, -0.1) is 0 Å². The van der Waals surface area contributed by atoms with Gasteiger partial charge >= 0.3 is 0 Å². The Morgan fingerprint density at radius 3 is 2.24 bits per heavy atom. The lowest BCUT2D eigenvalue weighted by atomic mass is 10.2. The third-order valence-corrected chi connectivity index (χ3v) is 5.70. The molecule has 0 radical (unpaired) electrons. The summed E-state index contributed by atoms with van der Waals surface area (Å²) in [6.45, 7) is 8.08. The molecule has 0 aliphatic carbocycles. The molecule has 0 spiro atoms. The number of piperazine rings is 1. The van der Waals surface area contributed by atoms with Crippen LogP contribution in [0.25, 0.3) is 0 Å². The van der Waals surface area contributed by atoms with Crippen LogP contribution in [0.15, 0.2) is 24.3 Å². The van der Waals surface area contributed by atoms with Crippen LogP contribution < -0.4 is 9.04 Å². The lowest BCUT2D eigenvalue weighted by Crippen LogP contribution is -2.51. The lowest BCUT2D eigenvalue weighted by molar-refractivity contribution is -0.139. The minimum absolute atomic E-state index is 0.0203. The van der Waals surface area contributed by atoms with Gasteiger partial charge in [0, 0.05) is 33.2 Å². The first-order chi connectivity index (χ1) is 11.7. The average Bonchev–Trinajstić information content (AvgIpc) is 2.60. The molecule has 140 valence electrons. The highest BCUT2D eigenvalue weighted by Gasteiger charge is 2.25. The van der Waals surface area contributed by atoms with Crippen molar-refractivity contribution in [3.05, 3.63) is 24.3 Å². The van der Waals surface area contributed by atoms with Crippen LogP contribution in [0.3, 0.4) is 0 Å². The normalized spacial score (nSPS) is 17.2. The number of likely N-dealkylation sites (N-methyl/N-ethyl adjacent to an activating group) is 1. The minimum atomic E-state index is -3.30. The number of rotatable bonds is 6. The van der Waals surface area contributed by atoms with E-state index >= 15 is 0 Å². The minimum Gasteiger partial charge on any atom is -0.481 e. The molecule has 8 heteroatoms. The molecule has 1 aromatic rings. The summed E-state index contributed by atoms with van der Waals surface area (Å²) in [7, 11) is -1.81. The van der Waals surface area contributed by atoms with Crippen molar-refractivity contribution in [3.63, 3.8) is 0 Å². The van der Waals surface area contributed by atoms with Crippen molar-refractivity contribution in [2.75, 3.05) is 50.3 Å². The molecule has 7 nitrogen and oxygen atoms in total. The zero-order valence-corrected chi connectivity index (χ0v) is 16.1. The van der Waals surface area contributed by atoms with E-state index in [0.29, 0.717) is 11.4 Å². The summed E-state index contributed by atoms with van der Waals surface area (Å²) >= 11 is 0. The molecule has 0 aromatic heterocycles. The molecular formula is C17H27N3O4S. The summed E-state index contributed by atoms with van der Waals surface area (Å²) in [4.78, 5) is 16.6. The Labute approximate surface area is 150 Å². The molecule has 25 heavy (non-hydrogen) atoms. The van der Waals surface area contributed by atoms with Crippen molar-refractivity contribution in [2.24, 2.45) is 0 Å². The molecule has 1 unspecified atom stereocenters. The van der Waals surface area contributed by atoms with Gasteiger partial charge in [-0.3, -0.25) is 9.10 Å². The van der Waals surface area contributed by atoms with Gasteiger partial charge in [-0.1, -0.05) is 6.92 Å². The van der Waals surface area contributed by atoms with E-state index in [4.69, 9.17) is 4.74 Å². The highest BCUT2D eigenvalue weighted by atomic mass is 32.2. The number of hydrogen-bond donors (Lipinski definition) is 0. The highest BCUT2D eigenvalue weighted by Crippen LogP contribution is 2.21. The van der Waals surface area contributed by atoms with E-state index in [0.717, 1.165) is 39.0 Å². The molecule has 1 amide bonds. The molecule has 0 N–H and O–H groups in total. The summed E-state index contributed by atoms with van der Waals surface area (Å²) in [5.74, 6) is 0.520. The van der Waals surface area contributed by atoms with E-state index in [9.17, 15) is 13.2 Å². The Morgan fingerprint density at radius 1 is 1.20 bits per heavy atom. The van der Waals surface area contributed by atoms with E-state index in [1.165, 1.54) is 11.4 Å². The van der Waals surface area contributed by atoms with Crippen LogP contribution in [0.1, 0.15) is 13.8 Å². The fraction of sp³-hybridized carbons (Fsp3) is 0.588. The van der Waals surface area contributed by atoms with E-state index in [1.54, 1.807) is 31.2 Å². The first-order valence-electron chi connectivity index (χ1n) is 8.44. The standard InChI is InChI=1S/C17H27N3O4S/c1-5-19-10-12-20(13-11-19)17(21)14(2)24-16-8-6-15(7-9-16)18(3)25(4,22)23/h6-9,14H,5,10-13H2,1-4H3. The first kappa shape index (κ1) is 19.5. The number of ether oxygens (including phenoxy) is 1. The van der Waals surface area contributed by atoms with Crippen molar-refractivity contribution >= 4 is 21.6 Å². The van der Waals surface area contributed by atoms with Crippen molar-refractivity contribution in [1.82, 2.24) is 9.80 Å². The molecule has 1 saturated heterocycles. The van der Waals surface area contributed by atoms with Crippen LogP contribution in [-0.2, 0) is 14.8 Å². The molecule has 1 aliphatic rings. The average molecular weight is 369 g/mol. The summed E-state index contributed by atoms with van der Waals surface area (Å²) < 4.78 is 30.0. The Bertz CT molecular complexity index is 682. The van der Waals surface area contributed by atoms with Gasteiger partial charge in [-0.05, 0) is 37.7 Å². The third-order valence-electron chi connectivity index (χ3n) is 4.49. The van der Waals surface area contributed by atoms with Crippen molar-refractivity contribution in [2.45, 2.75) is 20.0 Å². The molecule has 2 rings (SSSR count). The van der Waals surface area contributed by atoms with E-state index in [2.05, 4.69) is 11.8 Å². The number of benzene rings is 1. The molecule has 1 aliphatic heterocycles. The predicted octanol–water partition coefficient (Wildman–Crippen LogP) is 1.01. The van der Waals surface area contributed by atoms with Gasteiger partial charge < -0.3 is 14.5 Å².